The van der Waals surface area contributed by atoms with Crippen molar-refractivity contribution in [3.63, 3.8) is 0 Å². The highest BCUT2D eigenvalue weighted by Gasteiger charge is 2.40. The van der Waals surface area contributed by atoms with Crippen molar-refractivity contribution in [1.29, 1.82) is 0 Å². The molecule has 0 spiro atoms. The number of nitrogens with zero attached hydrogens (tertiary/aromatic N) is 5. The number of pyridine rings is 1. The Labute approximate surface area is 225 Å². The van der Waals surface area contributed by atoms with E-state index in [9.17, 15) is 36.6 Å². The highest BCUT2D eigenvalue weighted by molar-refractivity contribution is 5.87. The number of nitrogens with one attached hydrogen (secondary N) is 1. The van der Waals surface area contributed by atoms with E-state index < -0.39 is 60.8 Å². The number of urea groups is 1. The number of alkyl halides is 3. The zero-order chi connectivity index (χ0) is 28.6. The van der Waals surface area contributed by atoms with Crippen molar-refractivity contribution in [1.82, 2.24) is 29.7 Å². The summed E-state index contributed by atoms with van der Waals surface area (Å²) < 4.78 is 69.8. The van der Waals surface area contributed by atoms with E-state index in [1.54, 1.807) is 16.7 Å². The van der Waals surface area contributed by atoms with Gasteiger partial charge in [0, 0.05) is 37.8 Å². The number of rotatable bonds is 4. The predicted octanol–water partition coefficient (Wildman–Crippen LogP) is 3.47. The van der Waals surface area contributed by atoms with Gasteiger partial charge in [-0.1, -0.05) is 12.1 Å². The Morgan fingerprint density at radius 3 is 2.55 bits per heavy atom. The second kappa shape index (κ2) is 10.9. The minimum Gasteiger partial charge on any atom is -0.846 e. The fraction of sp³-hybridized carbons (Fsp3) is 0.462. The molecule has 0 aliphatic carbocycles. The monoisotopic (exact) mass is 565 g/mol. The fourth-order valence-corrected chi connectivity index (χ4v) is 5.57. The minimum atomic E-state index is -4.73. The van der Waals surface area contributed by atoms with Crippen molar-refractivity contribution in [3.05, 3.63) is 53.7 Å². The summed E-state index contributed by atoms with van der Waals surface area (Å²) in [5.41, 5.74) is 0.807. The van der Waals surface area contributed by atoms with Crippen LogP contribution in [0.2, 0.25) is 0 Å². The lowest BCUT2D eigenvalue weighted by Gasteiger charge is -2.35. The van der Waals surface area contributed by atoms with Gasteiger partial charge in [-0.15, -0.1) is 0 Å². The molecule has 9 nitrogen and oxygen atoms in total. The Morgan fingerprint density at radius 2 is 1.82 bits per heavy atom. The van der Waals surface area contributed by atoms with Gasteiger partial charge in [0.25, 0.3) is 0 Å². The van der Waals surface area contributed by atoms with Crippen LogP contribution in [0.15, 0.2) is 36.5 Å². The molecule has 0 radical (unpaired) electrons. The molecule has 2 saturated heterocycles. The predicted molar refractivity (Wildman–Crippen MR) is 130 cm³/mol. The molecular formula is C26H26F5N6O3-. The van der Waals surface area contributed by atoms with E-state index in [0.29, 0.717) is 28.9 Å². The number of fused-ring (bicyclic) bond motifs is 1. The van der Waals surface area contributed by atoms with Crippen molar-refractivity contribution in [3.8, 4) is 6.01 Å². The first-order valence-electron chi connectivity index (χ1n) is 12.9. The molecule has 3 amide bonds. The fourth-order valence-electron chi connectivity index (χ4n) is 5.57. The van der Waals surface area contributed by atoms with Crippen molar-refractivity contribution in [2.24, 2.45) is 0 Å². The highest BCUT2D eigenvalue weighted by Crippen LogP contribution is 2.33. The zero-order valence-electron chi connectivity index (χ0n) is 21.2. The van der Waals surface area contributed by atoms with Gasteiger partial charge in [0.2, 0.25) is 5.91 Å². The van der Waals surface area contributed by atoms with Gasteiger partial charge in [0.1, 0.15) is 12.6 Å². The van der Waals surface area contributed by atoms with Crippen LogP contribution < -0.4 is 10.4 Å². The second-order valence-electron chi connectivity index (χ2n) is 10.1. The van der Waals surface area contributed by atoms with Crippen molar-refractivity contribution >= 4 is 23.1 Å². The highest BCUT2D eigenvalue weighted by atomic mass is 19.4. The molecule has 5 rings (SSSR count). The number of piperidine rings is 1. The van der Waals surface area contributed by atoms with Crippen LogP contribution in [0.25, 0.3) is 11.2 Å². The Bertz CT molecular complexity index is 1410. The molecule has 3 aromatic rings. The molecular weight excluding hydrogens is 539 g/mol. The van der Waals surface area contributed by atoms with Gasteiger partial charge >= 0.3 is 12.2 Å². The number of benzene rings is 1. The van der Waals surface area contributed by atoms with E-state index >= 15 is 0 Å². The molecule has 2 aliphatic heterocycles. The molecule has 2 aliphatic rings. The number of carbonyl (C=O) groups is 2. The SMILES string of the molecule is O=C(NC1CC[C@@H](c2cccc(F)c2F)CN(CC(F)(F)F)C1=O)N1CCC(n2c([O-])nc3ncccc32)CC1. The second-order valence-corrected chi connectivity index (χ2v) is 10.1. The molecule has 1 unspecified atom stereocenters. The van der Waals surface area contributed by atoms with Crippen molar-refractivity contribution in [2.45, 2.75) is 49.9 Å². The van der Waals surface area contributed by atoms with Gasteiger partial charge in [0.15, 0.2) is 17.3 Å². The maximum atomic E-state index is 14.5. The third kappa shape index (κ3) is 5.65. The van der Waals surface area contributed by atoms with E-state index in [2.05, 4.69) is 15.3 Å². The van der Waals surface area contributed by atoms with Gasteiger partial charge < -0.3 is 24.8 Å². The summed E-state index contributed by atoms with van der Waals surface area (Å²) in [7, 11) is 0. The Kier molecular flexibility index (Phi) is 7.51. The lowest BCUT2D eigenvalue weighted by Crippen LogP contribution is -2.54. The third-order valence-corrected chi connectivity index (χ3v) is 7.49. The van der Waals surface area contributed by atoms with Gasteiger partial charge in [-0.3, -0.25) is 4.79 Å². The molecule has 2 aromatic heterocycles. The summed E-state index contributed by atoms with van der Waals surface area (Å²) in [4.78, 5) is 36.2. The van der Waals surface area contributed by atoms with E-state index in [1.807, 2.05) is 0 Å². The van der Waals surface area contributed by atoms with Crippen LogP contribution in [-0.2, 0) is 4.79 Å². The largest absolute Gasteiger partial charge is 0.846 e. The average molecular weight is 566 g/mol. The Morgan fingerprint density at radius 1 is 1.07 bits per heavy atom. The smallest absolute Gasteiger partial charge is 0.406 e. The van der Waals surface area contributed by atoms with E-state index in [1.165, 1.54) is 23.2 Å². The van der Waals surface area contributed by atoms with Gasteiger partial charge in [-0.2, -0.15) is 13.2 Å². The number of carbonyl (C=O) groups excluding carboxylic acids is 2. The van der Waals surface area contributed by atoms with E-state index in [0.717, 1.165) is 6.07 Å². The zero-order valence-corrected chi connectivity index (χ0v) is 21.2. The number of imidazole rings is 1. The van der Waals surface area contributed by atoms with Crippen LogP contribution in [0.4, 0.5) is 26.7 Å². The van der Waals surface area contributed by atoms with Gasteiger partial charge in [0.05, 0.1) is 11.5 Å². The molecule has 214 valence electrons. The minimum absolute atomic E-state index is 0.0520. The van der Waals surface area contributed by atoms with Crippen molar-refractivity contribution < 1.29 is 36.6 Å². The van der Waals surface area contributed by atoms with Crippen LogP contribution in [0.3, 0.4) is 0 Å². The van der Waals surface area contributed by atoms with Crippen molar-refractivity contribution in [2.75, 3.05) is 26.2 Å². The molecule has 2 atom stereocenters. The molecule has 40 heavy (non-hydrogen) atoms. The molecule has 14 heteroatoms. The Balaban J connectivity index is 1.27. The quantitative estimate of drug-likeness (QED) is 0.488. The average Bonchev–Trinajstić information content (AvgIpc) is 3.18. The summed E-state index contributed by atoms with van der Waals surface area (Å²) in [6.45, 7) is -1.58. The number of hydrogen-bond donors (Lipinski definition) is 1. The summed E-state index contributed by atoms with van der Waals surface area (Å²) in [5.74, 6) is -4.12. The summed E-state index contributed by atoms with van der Waals surface area (Å²) >= 11 is 0. The van der Waals surface area contributed by atoms with E-state index in [-0.39, 0.29) is 37.5 Å². The van der Waals surface area contributed by atoms with Crippen LogP contribution in [-0.4, -0.2) is 74.7 Å². The first-order valence-corrected chi connectivity index (χ1v) is 12.9. The molecule has 4 heterocycles. The number of aromatic nitrogens is 3. The summed E-state index contributed by atoms with van der Waals surface area (Å²) in [5, 5.41) is 15.0. The lowest BCUT2D eigenvalue weighted by molar-refractivity contribution is -0.286. The number of likely N-dealkylation sites (tertiary alicyclic amines) is 2. The normalized spacial score (nSPS) is 21.1. The number of halogens is 5. The number of hydrogen-bond acceptors (Lipinski definition) is 5. The van der Waals surface area contributed by atoms with Crippen LogP contribution in [0.5, 0.6) is 6.01 Å². The molecule has 0 bridgehead atoms. The summed E-state index contributed by atoms with van der Waals surface area (Å²) in [6, 6.07) is 4.33. The third-order valence-electron chi connectivity index (χ3n) is 7.49. The van der Waals surface area contributed by atoms with Gasteiger partial charge in [-0.25, -0.2) is 23.5 Å². The topological polar surface area (TPSA) is 106 Å². The van der Waals surface area contributed by atoms with Crippen LogP contribution in [0, 0.1) is 11.6 Å². The maximum Gasteiger partial charge on any atom is 0.406 e. The van der Waals surface area contributed by atoms with Gasteiger partial charge in [-0.05, 0) is 49.4 Å². The number of amides is 3. The standard InChI is InChI=1S/C26H27F5N6O3/c27-18-4-1-3-17(21(18)28)15-6-7-19(23(38)36(13-15)14-26(29,30)31)33-24(39)35-11-8-16(9-12-35)37-20-5-2-10-32-22(20)34-25(37)40/h1-5,10,15-16,19H,6-9,11-14H2,(H,33,39)(H,32,34,40)/p-1/t15-,19?/m1/s1. The molecule has 0 saturated carbocycles. The molecule has 2 fully saturated rings. The first kappa shape index (κ1) is 27.6. The van der Waals surface area contributed by atoms with Crippen LogP contribution >= 0.6 is 0 Å². The first-order chi connectivity index (χ1) is 19.0. The van der Waals surface area contributed by atoms with Crippen LogP contribution in [0.1, 0.15) is 43.2 Å². The lowest BCUT2D eigenvalue weighted by atomic mass is 9.93. The maximum absolute atomic E-state index is 14.5. The van der Waals surface area contributed by atoms with E-state index in [4.69, 9.17) is 0 Å². The Hall–Kier alpha value is -3.97. The molecule has 1 N–H and O–H groups in total. The summed E-state index contributed by atoms with van der Waals surface area (Å²) in [6.07, 6.45) is -2.35. The molecule has 1 aromatic carbocycles.